The molecule has 28 heavy (non-hydrogen) atoms. The summed E-state index contributed by atoms with van der Waals surface area (Å²) in [6, 6.07) is 30.0. The summed E-state index contributed by atoms with van der Waals surface area (Å²) < 4.78 is 0. The number of rotatable bonds is 4. The van der Waals surface area contributed by atoms with Crippen LogP contribution in [0.1, 0.15) is 34.4 Å². The highest BCUT2D eigenvalue weighted by Gasteiger charge is 2.34. The quantitative estimate of drug-likeness (QED) is 0.428. The van der Waals surface area contributed by atoms with Crippen LogP contribution < -0.4 is 0 Å². The zero-order chi connectivity index (χ0) is 18.8. The van der Waals surface area contributed by atoms with Crippen LogP contribution in [0.5, 0.6) is 0 Å². The highest BCUT2D eigenvalue weighted by molar-refractivity contribution is 7.99. The molecule has 0 saturated heterocycles. The van der Waals surface area contributed by atoms with E-state index in [0.717, 1.165) is 17.8 Å². The lowest BCUT2D eigenvalue weighted by Crippen LogP contribution is -2.20. The molecule has 5 rings (SSSR count). The van der Waals surface area contributed by atoms with Gasteiger partial charge in [-0.25, -0.2) is 0 Å². The molecule has 2 aromatic carbocycles. The van der Waals surface area contributed by atoms with E-state index in [9.17, 15) is 0 Å². The van der Waals surface area contributed by atoms with Crippen LogP contribution >= 0.6 is 11.8 Å². The second kappa shape index (κ2) is 7.61. The zero-order valence-corrected chi connectivity index (χ0v) is 16.2. The van der Waals surface area contributed by atoms with E-state index in [2.05, 4.69) is 77.8 Å². The lowest BCUT2D eigenvalue weighted by atomic mass is 9.76. The van der Waals surface area contributed by atoms with Gasteiger partial charge in [-0.3, -0.25) is 9.97 Å². The average molecular weight is 381 g/mol. The normalized spacial score (nSPS) is 14.1. The minimum atomic E-state index is 0.222. The molecule has 0 unspecified atom stereocenters. The molecule has 2 aromatic heterocycles. The maximum absolute atomic E-state index is 4.76. The summed E-state index contributed by atoms with van der Waals surface area (Å²) in [5.74, 6) is 0.477. The van der Waals surface area contributed by atoms with Crippen LogP contribution in [-0.4, -0.2) is 9.97 Å². The molecule has 0 N–H and O–H groups in total. The van der Waals surface area contributed by atoms with E-state index in [1.165, 1.54) is 20.9 Å². The monoisotopic (exact) mass is 380 g/mol. The van der Waals surface area contributed by atoms with Crippen molar-refractivity contribution in [3.8, 4) is 0 Å². The minimum absolute atomic E-state index is 0.222. The highest BCUT2D eigenvalue weighted by atomic mass is 32.2. The number of nitrogens with zero attached hydrogens (tertiary/aromatic N) is 2. The van der Waals surface area contributed by atoms with Crippen LogP contribution in [-0.2, 0) is 6.42 Å². The minimum Gasteiger partial charge on any atom is -0.261 e. The maximum atomic E-state index is 4.76. The Morgan fingerprint density at radius 1 is 0.679 bits per heavy atom. The molecule has 3 heterocycles. The van der Waals surface area contributed by atoms with E-state index >= 15 is 0 Å². The van der Waals surface area contributed by atoms with Crippen molar-refractivity contribution in [1.29, 1.82) is 0 Å². The van der Waals surface area contributed by atoms with Crippen molar-refractivity contribution in [3.05, 3.63) is 120 Å². The van der Waals surface area contributed by atoms with Gasteiger partial charge in [-0.15, -0.1) is 0 Å². The average Bonchev–Trinajstić information content (AvgIpc) is 2.77. The molecule has 0 amide bonds. The van der Waals surface area contributed by atoms with Crippen LogP contribution in [0.3, 0.4) is 0 Å². The van der Waals surface area contributed by atoms with Gasteiger partial charge in [-0.05, 0) is 53.9 Å². The van der Waals surface area contributed by atoms with Crippen molar-refractivity contribution in [2.75, 3.05) is 0 Å². The van der Waals surface area contributed by atoms with Crippen molar-refractivity contribution in [1.82, 2.24) is 9.97 Å². The summed E-state index contributed by atoms with van der Waals surface area (Å²) in [7, 11) is 0. The third kappa shape index (κ3) is 3.23. The van der Waals surface area contributed by atoms with Gasteiger partial charge in [-0.2, -0.15) is 0 Å². The van der Waals surface area contributed by atoms with Crippen LogP contribution in [0.15, 0.2) is 107 Å². The van der Waals surface area contributed by atoms with Gasteiger partial charge in [0.25, 0.3) is 0 Å². The van der Waals surface area contributed by atoms with Gasteiger partial charge >= 0.3 is 0 Å². The summed E-state index contributed by atoms with van der Waals surface area (Å²) in [5, 5.41) is 0. The van der Waals surface area contributed by atoms with Gasteiger partial charge < -0.3 is 0 Å². The van der Waals surface area contributed by atoms with Gasteiger partial charge in [0.05, 0.1) is 0 Å². The Bertz CT molecular complexity index is 1030. The molecule has 136 valence electrons. The van der Waals surface area contributed by atoms with Crippen LogP contribution in [0.4, 0.5) is 0 Å². The first-order chi connectivity index (χ1) is 13.9. The fourth-order valence-electron chi connectivity index (χ4n) is 4.11. The molecule has 0 bridgehead atoms. The van der Waals surface area contributed by atoms with E-state index in [0.29, 0.717) is 0 Å². The Kier molecular flexibility index (Phi) is 4.67. The molecule has 3 heteroatoms. The molecular formula is C25H20N2S. The van der Waals surface area contributed by atoms with E-state index < -0.39 is 0 Å². The van der Waals surface area contributed by atoms with Gasteiger partial charge in [0.15, 0.2) is 0 Å². The smallest absolute Gasteiger partial charge is 0.0447 e. The number of fused-ring (bicyclic) bond motifs is 2. The summed E-state index contributed by atoms with van der Waals surface area (Å²) in [6.07, 6.45) is 4.63. The second-order valence-electron chi connectivity index (χ2n) is 7.04. The van der Waals surface area contributed by atoms with Crippen molar-refractivity contribution in [3.63, 3.8) is 0 Å². The number of hydrogen-bond acceptors (Lipinski definition) is 3. The summed E-state index contributed by atoms with van der Waals surface area (Å²) in [6.45, 7) is 0. The molecule has 4 aromatic rings. The number of pyridine rings is 2. The molecule has 0 aliphatic carbocycles. The fourth-order valence-corrected chi connectivity index (χ4v) is 5.27. The van der Waals surface area contributed by atoms with E-state index in [-0.39, 0.29) is 11.8 Å². The van der Waals surface area contributed by atoms with Gasteiger partial charge in [0, 0.05) is 45.4 Å². The van der Waals surface area contributed by atoms with Gasteiger partial charge in [0.1, 0.15) is 0 Å². The van der Waals surface area contributed by atoms with Crippen LogP contribution in [0.2, 0.25) is 0 Å². The summed E-state index contributed by atoms with van der Waals surface area (Å²) >= 11 is 1.87. The van der Waals surface area contributed by atoms with E-state index in [1.54, 1.807) is 0 Å². The largest absolute Gasteiger partial charge is 0.261 e. The Morgan fingerprint density at radius 3 is 1.89 bits per heavy atom. The predicted molar refractivity (Wildman–Crippen MR) is 114 cm³/mol. The highest BCUT2D eigenvalue weighted by Crippen LogP contribution is 2.51. The molecular weight excluding hydrogens is 360 g/mol. The molecule has 0 spiro atoms. The number of aromatic nitrogens is 2. The van der Waals surface area contributed by atoms with Crippen LogP contribution in [0.25, 0.3) is 0 Å². The Hall–Kier alpha value is -2.91. The lowest BCUT2D eigenvalue weighted by molar-refractivity contribution is 0.563. The molecule has 0 radical (unpaired) electrons. The Labute approximate surface area is 169 Å². The molecule has 0 saturated carbocycles. The first-order valence-corrected chi connectivity index (χ1v) is 10.4. The lowest BCUT2D eigenvalue weighted by Gasteiger charge is -2.33. The van der Waals surface area contributed by atoms with E-state index in [4.69, 9.17) is 4.98 Å². The van der Waals surface area contributed by atoms with Gasteiger partial charge in [-0.1, -0.05) is 60.3 Å². The third-order valence-corrected chi connectivity index (χ3v) is 6.54. The maximum Gasteiger partial charge on any atom is 0.0447 e. The molecule has 1 atom stereocenters. The van der Waals surface area contributed by atoms with Gasteiger partial charge in [0.2, 0.25) is 0 Å². The first-order valence-electron chi connectivity index (χ1n) is 9.57. The van der Waals surface area contributed by atoms with E-state index in [1.807, 2.05) is 36.3 Å². The molecule has 1 aliphatic rings. The third-order valence-electron chi connectivity index (χ3n) is 5.35. The standard InChI is InChI=1S/C25H20N2S/c1-3-13-23-19(10-1)25(20-11-2-4-14-24(20)28-23)21(22-12-6-8-16-27-22)17-18-9-5-7-15-26-18/h1-16,21,25H,17H2/t21-/m0/s1. The molecule has 1 aliphatic heterocycles. The Balaban J connectivity index is 1.68. The second-order valence-corrected chi connectivity index (χ2v) is 8.13. The first kappa shape index (κ1) is 17.2. The van der Waals surface area contributed by atoms with Crippen molar-refractivity contribution < 1.29 is 0 Å². The topological polar surface area (TPSA) is 25.8 Å². The van der Waals surface area contributed by atoms with Crippen molar-refractivity contribution in [2.24, 2.45) is 0 Å². The number of benzene rings is 2. The van der Waals surface area contributed by atoms with Crippen LogP contribution in [0, 0.1) is 0 Å². The van der Waals surface area contributed by atoms with Crippen molar-refractivity contribution >= 4 is 11.8 Å². The molecule has 2 nitrogen and oxygen atoms in total. The fraction of sp³-hybridized carbons (Fsp3) is 0.120. The Morgan fingerprint density at radius 2 is 1.29 bits per heavy atom. The summed E-state index contributed by atoms with van der Waals surface area (Å²) in [4.78, 5) is 12.1. The zero-order valence-electron chi connectivity index (χ0n) is 15.4. The van der Waals surface area contributed by atoms with Crippen molar-refractivity contribution in [2.45, 2.75) is 28.0 Å². The SMILES string of the molecule is c1ccc(C[C@@H](c2ccccn2)C2c3ccccc3Sc3ccccc32)nc1. The predicted octanol–water partition coefficient (Wildman–Crippen LogP) is 6.10. The number of hydrogen-bond donors (Lipinski definition) is 0. The molecule has 0 fully saturated rings. The summed E-state index contributed by atoms with van der Waals surface area (Å²) in [5.41, 5.74) is 5.00.